The first-order valence-corrected chi connectivity index (χ1v) is 12.7. The molecule has 0 radical (unpaired) electrons. The summed E-state index contributed by atoms with van der Waals surface area (Å²) in [6.45, 7) is 0. The lowest BCUT2D eigenvalue weighted by Crippen LogP contribution is -1.95. The average molecular weight is 574 g/mol. The Labute approximate surface area is 215 Å². The molecule has 4 aromatic rings. The summed E-state index contributed by atoms with van der Waals surface area (Å²) in [7, 11) is 0. The van der Waals surface area contributed by atoms with E-state index >= 15 is 0 Å². The van der Waals surface area contributed by atoms with Crippen LogP contribution in [0.5, 0.6) is 0 Å². The van der Waals surface area contributed by atoms with Crippen LogP contribution in [0.2, 0.25) is 0 Å². The van der Waals surface area contributed by atoms with E-state index in [9.17, 15) is 0 Å². The fourth-order valence-electron chi connectivity index (χ4n) is 3.52. The van der Waals surface area contributed by atoms with Crippen molar-refractivity contribution < 1.29 is 0 Å². The number of hydrogen-bond donors (Lipinski definition) is 0. The largest absolute Gasteiger partial charge is 0.192 e. The molecule has 4 rings (SSSR count). The van der Waals surface area contributed by atoms with Gasteiger partial charge in [0.05, 0.1) is 23.3 Å². The molecule has 0 saturated carbocycles. The van der Waals surface area contributed by atoms with Crippen LogP contribution in [-0.4, -0.2) is 0 Å². The Morgan fingerprint density at radius 2 is 0.970 bits per heavy atom. The van der Waals surface area contributed by atoms with Gasteiger partial charge in [0.15, 0.2) is 0 Å². The number of benzene rings is 4. The summed E-state index contributed by atoms with van der Waals surface area (Å²) in [5, 5.41) is 18.1. The normalized spacial score (nSPS) is 10.4. The van der Waals surface area contributed by atoms with Crippen molar-refractivity contribution in [3.63, 3.8) is 0 Å². The Hall–Kier alpha value is -2.83. The molecule has 0 aliphatic rings. The second-order valence-corrected chi connectivity index (χ2v) is 10.5. The zero-order chi connectivity index (χ0) is 23.2. The number of nitriles is 2. The van der Waals surface area contributed by atoms with Crippen LogP contribution < -0.4 is 0 Å². The van der Waals surface area contributed by atoms with Crippen molar-refractivity contribution in [3.05, 3.63) is 127 Å². The van der Waals surface area contributed by atoms with E-state index in [4.69, 9.17) is 10.5 Å². The lowest BCUT2D eigenvalue weighted by Gasteiger charge is -2.14. The maximum absolute atomic E-state index is 9.06. The lowest BCUT2D eigenvalue weighted by molar-refractivity contribution is 1.10. The van der Waals surface area contributed by atoms with Crippen LogP contribution in [0.4, 0.5) is 0 Å². The average Bonchev–Trinajstić information content (AvgIpc) is 2.83. The van der Waals surface area contributed by atoms with Gasteiger partial charge in [-0.1, -0.05) is 67.9 Å². The van der Waals surface area contributed by atoms with Gasteiger partial charge in [0.2, 0.25) is 0 Å². The minimum Gasteiger partial charge on any atom is -0.192 e. The third kappa shape index (κ3) is 6.15. The maximum Gasteiger partial charge on any atom is 0.0991 e. The van der Waals surface area contributed by atoms with E-state index in [1.165, 1.54) is 32.0 Å². The third-order valence-corrected chi connectivity index (χ3v) is 7.44. The van der Waals surface area contributed by atoms with Crippen LogP contribution in [-0.2, 0) is 12.8 Å². The van der Waals surface area contributed by atoms with E-state index in [0.29, 0.717) is 11.1 Å². The second kappa shape index (κ2) is 10.9. The number of nitrogens with zero attached hydrogens (tertiary/aromatic N) is 2. The van der Waals surface area contributed by atoms with E-state index in [1.807, 2.05) is 48.5 Å². The topological polar surface area (TPSA) is 47.6 Å². The molecule has 160 valence electrons. The van der Waals surface area contributed by atoms with Gasteiger partial charge in [-0.3, -0.25) is 0 Å². The summed E-state index contributed by atoms with van der Waals surface area (Å²) in [5.41, 5.74) is 6.14. The van der Waals surface area contributed by atoms with Gasteiger partial charge < -0.3 is 0 Å². The molecule has 0 unspecified atom stereocenters. The Morgan fingerprint density at radius 1 is 0.576 bits per heavy atom. The smallest absolute Gasteiger partial charge is 0.0991 e. The van der Waals surface area contributed by atoms with Crippen LogP contribution in [0.3, 0.4) is 0 Å². The maximum atomic E-state index is 9.06. The molecule has 0 amide bonds. The monoisotopic (exact) mass is 572 g/mol. The zero-order valence-electron chi connectivity index (χ0n) is 17.6. The van der Waals surface area contributed by atoms with Gasteiger partial charge in [0.25, 0.3) is 0 Å². The van der Waals surface area contributed by atoms with Gasteiger partial charge in [0.1, 0.15) is 0 Å². The second-order valence-electron chi connectivity index (χ2n) is 7.58. The summed E-state index contributed by atoms with van der Waals surface area (Å²) >= 11 is 9.00. The SMILES string of the molecule is N#Cc1ccc(Cc2cc(Br)ccc2Sc2ccc(Br)cc2Cc2ccc(C#N)cc2)cc1. The fraction of sp³-hybridized carbons (Fsp3) is 0.0714. The minimum atomic E-state index is 0.671. The molecule has 0 aliphatic carbocycles. The van der Waals surface area contributed by atoms with Crippen molar-refractivity contribution >= 4 is 43.6 Å². The van der Waals surface area contributed by atoms with Crippen molar-refractivity contribution in [2.75, 3.05) is 0 Å². The summed E-state index contributed by atoms with van der Waals surface area (Å²) in [4.78, 5) is 2.40. The van der Waals surface area contributed by atoms with Crippen LogP contribution in [0.15, 0.2) is 104 Å². The van der Waals surface area contributed by atoms with Crippen LogP contribution in [0.1, 0.15) is 33.4 Å². The minimum absolute atomic E-state index is 0.671. The summed E-state index contributed by atoms with van der Waals surface area (Å²) in [5.74, 6) is 0. The molecule has 0 heterocycles. The first-order chi connectivity index (χ1) is 16.0. The highest BCUT2D eigenvalue weighted by molar-refractivity contribution is 9.10. The highest BCUT2D eigenvalue weighted by Gasteiger charge is 2.11. The van der Waals surface area contributed by atoms with Gasteiger partial charge in [0, 0.05) is 18.7 Å². The molecule has 0 atom stereocenters. The lowest BCUT2D eigenvalue weighted by atomic mass is 10.0. The Morgan fingerprint density at radius 3 is 1.33 bits per heavy atom. The summed E-state index contributed by atoms with van der Waals surface area (Å²) < 4.78 is 2.09. The van der Waals surface area contributed by atoms with Crippen LogP contribution in [0, 0.1) is 22.7 Å². The van der Waals surface area contributed by atoms with Crippen molar-refractivity contribution in [3.8, 4) is 12.1 Å². The molecule has 33 heavy (non-hydrogen) atoms. The molecule has 0 spiro atoms. The van der Waals surface area contributed by atoms with Crippen molar-refractivity contribution in [1.82, 2.24) is 0 Å². The van der Waals surface area contributed by atoms with Gasteiger partial charge in [-0.15, -0.1) is 0 Å². The van der Waals surface area contributed by atoms with Gasteiger partial charge in [-0.25, -0.2) is 0 Å². The van der Waals surface area contributed by atoms with Gasteiger partial charge >= 0.3 is 0 Å². The molecular formula is C28H18Br2N2S. The zero-order valence-corrected chi connectivity index (χ0v) is 21.5. The molecule has 0 bridgehead atoms. The molecule has 0 saturated heterocycles. The van der Waals surface area contributed by atoms with Crippen molar-refractivity contribution in [1.29, 1.82) is 10.5 Å². The number of halogens is 2. The summed E-state index contributed by atoms with van der Waals surface area (Å²) in [6, 6.07) is 32.7. The Bertz CT molecular complexity index is 1260. The van der Waals surface area contributed by atoms with Gasteiger partial charge in [-0.05, 0) is 95.8 Å². The predicted octanol–water partition coefficient (Wildman–Crippen LogP) is 8.29. The molecule has 0 fully saturated rings. The molecule has 4 aromatic carbocycles. The van der Waals surface area contributed by atoms with E-state index < -0.39 is 0 Å². The van der Waals surface area contributed by atoms with Crippen LogP contribution >= 0.6 is 43.6 Å². The quantitative estimate of drug-likeness (QED) is 0.233. The van der Waals surface area contributed by atoms with E-state index in [2.05, 4.69) is 80.4 Å². The van der Waals surface area contributed by atoms with E-state index in [-0.39, 0.29) is 0 Å². The first kappa shape index (κ1) is 23.3. The highest BCUT2D eigenvalue weighted by Crippen LogP contribution is 2.37. The van der Waals surface area contributed by atoms with Crippen molar-refractivity contribution in [2.45, 2.75) is 22.6 Å². The molecule has 5 heteroatoms. The van der Waals surface area contributed by atoms with Crippen LogP contribution in [0.25, 0.3) is 0 Å². The Kier molecular flexibility index (Phi) is 7.68. The third-order valence-electron chi connectivity index (χ3n) is 5.22. The summed E-state index contributed by atoms with van der Waals surface area (Å²) in [6.07, 6.45) is 1.57. The highest BCUT2D eigenvalue weighted by atomic mass is 79.9. The number of rotatable bonds is 6. The van der Waals surface area contributed by atoms with E-state index in [1.54, 1.807) is 11.8 Å². The molecular weight excluding hydrogens is 556 g/mol. The Balaban J connectivity index is 1.63. The van der Waals surface area contributed by atoms with E-state index in [0.717, 1.165) is 21.8 Å². The van der Waals surface area contributed by atoms with Crippen molar-refractivity contribution in [2.24, 2.45) is 0 Å². The molecule has 0 aromatic heterocycles. The standard InChI is InChI=1S/C28H18Br2N2S/c29-25-9-11-27(23(15-25)13-19-1-5-21(17-31)6-2-19)33-28-12-10-26(30)16-24(28)14-20-3-7-22(18-32)8-4-20/h1-12,15-16H,13-14H2. The predicted molar refractivity (Wildman–Crippen MR) is 140 cm³/mol. The molecule has 0 N–H and O–H groups in total. The molecule has 0 aliphatic heterocycles. The first-order valence-electron chi connectivity index (χ1n) is 10.3. The number of hydrogen-bond acceptors (Lipinski definition) is 3. The van der Waals surface area contributed by atoms with Gasteiger partial charge in [-0.2, -0.15) is 10.5 Å². The molecule has 2 nitrogen and oxygen atoms in total. The fourth-order valence-corrected chi connectivity index (χ4v) is 5.37.